The van der Waals surface area contributed by atoms with Gasteiger partial charge in [-0.15, -0.1) is 0 Å². The van der Waals surface area contributed by atoms with Crippen LogP contribution in [0.4, 0.5) is 5.82 Å². The minimum atomic E-state index is -0.180. The molecular formula is C25H29N5O2. The SMILES string of the molecule is CN(C)C(=O)c1cc(C2CCC(CNC(=O)c3cccnc3N)CC2)nc2ccccc12. The number of para-hydroxylation sites is 1. The van der Waals surface area contributed by atoms with Gasteiger partial charge in [-0.05, 0) is 55.9 Å². The van der Waals surface area contributed by atoms with E-state index in [1.807, 2.05) is 30.3 Å². The number of anilines is 1. The summed E-state index contributed by atoms with van der Waals surface area (Å²) in [6, 6.07) is 13.2. The van der Waals surface area contributed by atoms with Crippen LogP contribution in [-0.2, 0) is 0 Å². The van der Waals surface area contributed by atoms with Crippen molar-refractivity contribution in [1.82, 2.24) is 20.2 Å². The maximum atomic E-state index is 12.8. The van der Waals surface area contributed by atoms with Gasteiger partial charge in [0, 0.05) is 43.8 Å². The average Bonchev–Trinajstić information content (AvgIpc) is 2.82. The Bertz CT molecular complexity index is 1140. The number of carbonyl (C=O) groups excluding carboxylic acids is 2. The molecule has 2 heterocycles. The highest BCUT2D eigenvalue weighted by Gasteiger charge is 2.26. The van der Waals surface area contributed by atoms with Gasteiger partial charge in [-0.25, -0.2) is 4.98 Å². The van der Waals surface area contributed by atoms with Crippen LogP contribution in [0.15, 0.2) is 48.7 Å². The third kappa shape index (κ3) is 4.56. The molecule has 0 unspecified atom stereocenters. The number of aromatic nitrogens is 2. The smallest absolute Gasteiger partial charge is 0.255 e. The molecule has 1 saturated carbocycles. The standard InChI is InChI=1S/C25H29N5O2/c1-30(2)25(32)20-14-22(29-21-8-4-3-6-18(20)21)17-11-9-16(10-12-17)15-28-24(31)19-7-5-13-27-23(19)26/h3-8,13-14,16-17H,9-12,15H2,1-2H3,(H2,26,27)(H,28,31). The first-order chi connectivity index (χ1) is 15.4. The topological polar surface area (TPSA) is 101 Å². The summed E-state index contributed by atoms with van der Waals surface area (Å²) in [5.74, 6) is 0.793. The van der Waals surface area contributed by atoms with Crippen LogP contribution in [0, 0.1) is 5.92 Å². The van der Waals surface area contributed by atoms with Crippen molar-refractivity contribution in [3.63, 3.8) is 0 Å². The number of amides is 2. The van der Waals surface area contributed by atoms with Crippen molar-refractivity contribution in [2.75, 3.05) is 26.4 Å². The number of benzene rings is 1. The Morgan fingerprint density at radius 3 is 2.53 bits per heavy atom. The largest absolute Gasteiger partial charge is 0.383 e. The number of nitrogens with zero attached hydrogens (tertiary/aromatic N) is 3. The maximum absolute atomic E-state index is 12.8. The first-order valence-electron chi connectivity index (χ1n) is 11.0. The number of nitrogens with one attached hydrogen (secondary N) is 1. The van der Waals surface area contributed by atoms with Gasteiger partial charge in [0.1, 0.15) is 5.82 Å². The number of pyridine rings is 2. The van der Waals surface area contributed by atoms with Crippen molar-refractivity contribution < 1.29 is 9.59 Å². The predicted octanol–water partition coefficient (Wildman–Crippen LogP) is 3.62. The number of rotatable bonds is 5. The normalized spacial score (nSPS) is 18.3. The van der Waals surface area contributed by atoms with Crippen LogP contribution in [0.5, 0.6) is 0 Å². The van der Waals surface area contributed by atoms with Crippen LogP contribution >= 0.6 is 0 Å². The molecule has 3 aromatic rings. The van der Waals surface area contributed by atoms with Crippen molar-refractivity contribution in [2.24, 2.45) is 5.92 Å². The fourth-order valence-electron chi connectivity index (χ4n) is 4.43. The van der Waals surface area contributed by atoms with Gasteiger partial charge >= 0.3 is 0 Å². The third-order valence-electron chi connectivity index (χ3n) is 6.27. The van der Waals surface area contributed by atoms with Crippen LogP contribution in [0.3, 0.4) is 0 Å². The number of carbonyl (C=O) groups is 2. The molecule has 1 aliphatic carbocycles. The van der Waals surface area contributed by atoms with Crippen molar-refractivity contribution in [1.29, 1.82) is 0 Å². The lowest BCUT2D eigenvalue weighted by molar-refractivity contribution is 0.0829. The van der Waals surface area contributed by atoms with Crippen LogP contribution in [0.1, 0.15) is 58.0 Å². The van der Waals surface area contributed by atoms with Crippen molar-refractivity contribution >= 4 is 28.5 Å². The summed E-state index contributed by atoms with van der Waals surface area (Å²) in [4.78, 5) is 35.7. The summed E-state index contributed by atoms with van der Waals surface area (Å²) < 4.78 is 0. The molecule has 0 bridgehead atoms. The van der Waals surface area contributed by atoms with Gasteiger partial charge in [-0.1, -0.05) is 18.2 Å². The van der Waals surface area contributed by atoms with Gasteiger partial charge in [-0.2, -0.15) is 0 Å². The number of fused-ring (bicyclic) bond motifs is 1. The summed E-state index contributed by atoms with van der Waals surface area (Å²) in [5, 5.41) is 3.89. The molecule has 0 radical (unpaired) electrons. The number of hydrogen-bond acceptors (Lipinski definition) is 5. The molecule has 7 heteroatoms. The molecule has 166 valence electrons. The molecule has 1 fully saturated rings. The fourth-order valence-corrected chi connectivity index (χ4v) is 4.43. The molecule has 0 spiro atoms. The summed E-state index contributed by atoms with van der Waals surface area (Å²) in [6.07, 6.45) is 5.54. The highest BCUT2D eigenvalue weighted by Crippen LogP contribution is 2.36. The molecule has 0 atom stereocenters. The van der Waals surface area contributed by atoms with E-state index in [4.69, 9.17) is 10.7 Å². The summed E-state index contributed by atoms with van der Waals surface area (Å²) in [7, 11) is 3.55. The monoisotopic (exact) mass is 431 g/mol. The minimum absolute atomic E-state index is 0.00377. The molecule has 2 amide bonds. The highest BCUT2D eigenvalue weighted by atomic mass is 16.2. The van der Waals surface area contributed by atoms with E-state index in [2.05, 4.69) is 10.3 Å². The average molecular weight is 432 g/mol. The zero-order valence-corrected chi connectivity index (χ0v) is 18.5. The van der Waals surface area contributed by atoms with Gasteiger partial charge in [0.15, 0.2) is 0 Å². The second kappa shape index (κ2) is 9.34. The Morgan fingerprint density at radius 1 is 1.06 bits per heavy atom. The van der Waals surface area contributed by atoms with Crippen LogP contribution in [-0.4, -0.2) is 47.3 Å². The van der Waals surface area contributed by atoms with E-state index >= 15 is 0 Å². The second-order valence-electron chi connectivity index (χ2n) is 8.68. The zero-order valence-electron chi connectivity index (χ0n) is 18.5. The lowest BCUT2D eigenvalue weighted by atomic mass is 9.80. The van der Waals surface area contributed by atoms with E-state index in [0.717, 1.165) is 42.3 Å². The maximum Gasteiger partial charge on any atom is 0.255 e. The second-order valence-corrected chi connectivity index (χ2v) is 8.68. The summed E-state index contributed by atoms with van der Waals surface area (Å²) >= 11 is 0. The zero-order chi connectivity index (χ0) is 22.7. The van der Waals surface area contributed by atoms with Gasteiger partial charge in [0.05, 0.1) is 16.6 Å². The molecule has 0 saturated heterocycles. The van der Waals surface area contributed by atoms with E-state index < -0.39 is 0 Å². The van der Waals surface area contributed by atoms with Crippen molar-refractivity contribution in [3.8, 4) is 0 Å². The predicted molar refractivity (Wildman–Crippen MR) is 125 cm³/mol. The van der Waals surface area contributed by atoms with Crippen LogP contribution < -0.4 is 11.1 Å². The minimum Gasteiger partial charge on any atom is -0.383 e. The lowest BCUT2D eigenvalue weighted by Crippen LogP contribution is -2.31. The molecule has 1 aliphatic rings. The molecular weight excluding hydrogens is 402 g/mol. The lowest BCUT2D eigenvalue weighted by Gasteiger charge is -2.29. The van der Waals surface area contributed by atoms with Gasteiger partial charge in [0.2, 0.25) is 0 Å². The first-order valence-corrected chi connectivity index (χ1v) is 11.0. The summed E-state index contributed by atoms with van der Waals surface area (Å²) in [6.45, 7) is 0.620. The Balaban J connectivity index is 1.42. The Hall–Kier alpha value is -3.48. The molecule has 2 aromatic heterocycles. The van der Waals surface area contributed by atoms with E-state index in [-0.39, 0.29) is 17.6 Å². The van der Waals surface area contributed by atoms with E-state index in [1.165, 1.54) is 0 Å². The Morgan fingerprint density at radius 2 is 1.81 bits per heavy atom. The molecule has 3 N–H and O–H groups in total. The summed E-state index contributed by atoms with van der Waals surface area (Å²) in [5.41, 5.74) is 8.77. The highest BCUT2D eigenvalue weighted by molar-refractivity contribution is 6.06. The fraction of sp³-hybridized carbons (Fsp3) is 0.360. The number of hydrogen-bond donors (Lipinski definition) is 2. The van der Waals surface area contributed by atoms with Gasteiger partial charge in [0.25, 0.3) is 11.8 Å². The number of nitrogens with two attached hydrogens (primary N) is 1. The van der Waals surface area contributed by atoms with Crippen molar-refractivity contribution in [2.45, 2.75) is 31.6 Å². The first kappa shape index (κ1) is 21.7. The molecule has 1 aromatic carbocycles. The Kier molecular flexibility index (Phi) is 6.35. The quantitative estimate of drug-likeness (QED) is 0.643. The van der Waals surface area contributed by atoms with Gasteiger partial charge < -0.3 is 16.0 Å². The van der Waals surface area contributed by atoms with E-state index in [9.17, 15) is 9.59 Å². The number of nitrogen functional groups attached to an aromatic ring is 1. The molecule has 4 rings (SSSR count). The van der Waals surface area contributed by atoms with Crippen LogP contribution in [0.25, 0.3) is 10.9 Å². The van der Waals surface area contributed by atoms with E-state index in [0.29, 0.717) is 29.5 Å². The van der Waals surface area contributed by atoms with Crippen LogP contribution in [0.2, 0.25) is 0 Å². The van der Waals surface area contributed by atoms with Gasteiger partial charge in [-0.3, -0.25) is 14.6 Å². The molecule has 32 heavy (non-hydrogen) atoms. The molecule has 7 nitrogen and oxygen atoms in total. The molecule has 0 aliphatic heterocycles. The third-order valence-corrected chi connectivity index (χ3v) is 6.27. The van der Waals surface area contributed by atoms with Crippen molar-refractivity contribution in [3.05, 3.63) is 65.5 Å². The Labute approximate surface area is 188 Å². The van der Waals surface area contributed by atoms with E-state index in [1.54, 1.807) is 37.3 Å².